The number of amides is 1. The van der Waals surface area contributed by atoms with Gasteiger partial charge in [-0.3, -0.25) is 9.59 Å². The number of hydrogen-bond donors (Lipinski definition) is 0. The van der Waals surface area contributed by atoms with E-state index in [1.54, 1.807) is 11.8 Å². The number of nitrogens with zero attached hydrogens (tertiary/aromatic N) is 1. The first-order chi connectivity index (χ1) is 10.7. The van der Waals surface area contributed by atoms with Gasteiger partial charge in [-0.15, -0.1) is 0 Å². The predicted octanol–water partition coefficient (Wildman–Crippen LogP) is 1.18. The number of ether oxygens (including phenoxy) is 1. The molecule has 3 rings (SSSR count). The summed E-state index contributed by atoms with van der Waals surface area (Å²) in [6.45, 7) is 2.48. The van der Waals surface area contributed by atoms with Crippen LogP contribution in [0, 0.1) is 29.6 Å². The maximum absolute atomic E-state index is 12.1. The summed E-state index contributed by atoms with van der Waals surface area (Å²) in [6.07, 6.45) is 0.563. The highest BCUT2D eigenvalue weighted by atomic mass is 16.5. The van der Waals surface area contributed by atoms with Crippen molar-refractivity contribution >= 4 is 11.9 Å². The van der Waals surface area contributed by atoms with E-state index in [-0.39, 0.29) is 12.5 Å². The third kappa shape index (κ3) is 2.44. The van der Waals surface area contributed by atoms with E-state index in [1.807, 2.05) is 24.3 Å². The summed E-state index contributed by atoms with van der Waals surface area (Å²) in [7, 11) is 0. The minimum atomic E-state index is -0.799. The van der Waals surface area contributed by atoms with E-state index in [1.165, 1.54) is 0 Å². The molecule has 110 valence electrons. The first kappa shape index (κ1) is 14.2. The van der Waals surface area contributed by atoms with E-state index in [0.717, 1.165) is 11.1 Å². The first-order valence-electron chi connectivity index (χ1n) is 7.29. The number of hydrogen-bond acceptors (Lipinski definition) is 3. The van der Waals surface area contributed by atoms with Crippen LogP contribution in [0.25, 0.3) is 0 Å². The van der Waals surface area contributed by atoms with Gasteiger partial charge >= 0.3 is 5.97 Å². The number of carbonyl (C=O) groups is 2. The quantitative estimate of drug-likeness (QED) is 0.356. The lowest BCUT2D eigenvalue weighted by molar-refractivity contribution is -0.169. The fraction of sp³-hybridized carbons (Fsp3) is 0.333. The summed E-state index contributed by atoms with van der Waals surface area (Å²) in [6, 6.07) is 7.21. The normalized spacial score (nSPS) is 21.9. The predicted molar refractivity (Wildman–Crippen MR) is 80.4 cm³/mol. The number of β-lactam (4-membered cyclic amide) rings is 1. The second-order valence-electron chi connectivity index (χ2n) is 5.07. The van der Waals surface area contributed by atoms with Gasteiger partial charge in [-0.25, -0.2) is 0 Å². The van der Waals surface area contributed by atoms with Gasteiger partial charge in [0.25, 0.3) is 0 Å². The van der Waals surface area contributed by atoms with Crippen molar-refractivity contribution in [2.45, 2.75) is 19.4 Å². The van der Waals surface area contributed by atoms with Crippen molar-refractivity contribution in [3.63, 3.8) is 0 Å². The maximum Gasteiger partial charge on any atom is 0.321 e. The van der Waals surface area contributed by atoms with Crippen molar-refractivity contribution in [2.24, 2.45) is 5.92 Å². The van der Waals surface area contributed by atoms with E-state index >= 15 is 0 Å². The standard InChI is InChI=1S/C18H15NO3/c1-2-22-18(21)16-15-11-10-14-8-4-3-7-13(14)9-5-6-12-19(15)17(16)20/h3-4,7-8,15-16H,2,6,12H2,1H3/t15-,16-/m1/s1. The molecule has 1 aromatic rings. The molecule has 0 radical (unpaired) electrons. The molecule has 1 aromatic carbocycles. The fourth-order valence-corrected chi connectivity index (χ4v) is 2.61. The molecular formula is C18H15NO3. The fourth-order valence-electron chi connectivity index (χ4n) is 2.61. The molecule has 22 heavy (non-hydrogen) atoms. The van der Waals surface area contributed by atoms with Gasteiger partial charge in [0, 0.05) is 24.1 Å². The molecule has 2 heterocycles. The third-order valence-electron chi connectivity index (χ3n) is 3.72. The highest BCUT2D eigenvalue weighted by Gasteiger charge is 2.51. The zero-order valence-corrected chi connectivity index (χ0v) is 12.3. The Hall–Kier alpha value is -2.72. The third-order valence-corrected chi connectivity index (χ3v) is 3.72. The average molecular weight is 293 g/mol. The van der Waals surface area contributed by atoms with Gasteiger partial charge in [-0.1, -0.05) is 35.8 Å². The smallest absolute Gasteiger partial charge is 0.321 e. The lowest BCUT2D eigenvalue weighted by Crippen LogP contribution is -2.63. The Morgan fingerprint density at radius 2 is 2.05 bits per heavy atom. The molecule has 0 aliphatic carbocycles. The number of carbonyl (C=O) groups excluding carboxylic acids is 2. The molecule has 1 amide bonds. The topological polar surface area (TPSA) is 46.6 Å². The monoisotopic (exact) mass is 293 g/mol. The summed E-state index contributed by atoms with van der Waals surface area (Å²) in [4.78, 5) is 25.7. The van der Waals surface area contributed by atoms with E-state index in [0.29, 0.717) is 13.0 Å². The molecule has 4 heteroatoms. The minimum absolute atomic E-state index is 0.214. The summed E-state index contributed by atoms with van der Waals surface area (Å²) in [5.74, 6) is 10.7. The Balaban J connectivity index is 1.94. The molecule has 1 saturated heterocycles. The molecule has 0 aromatic heterocycles. The zero-order valence-electron chi connectivity index (χ0n) is 12.3. The highest BCUT2D eigenvalue weighted by molar-refractivity contribution is 6.04. The van der Waals surface area contributed by atoms with E-state index in [2.05, 4.69) is 23.7 Å². The second-order valence-corrected chi connectivity index (χ2v) is 5.07. The Morgan fingerprint density at radius 3 is 2.77 bits per heavy atom. The van der Waals surface area contributed by atoms with E-state index < -0.39 is 17.9 Å². The minimum Gasteiger partial charge on any atom is -0.465 e. The average Bonchev–Trinajstić information content (AvgIpc) is 2.52. The van der Waals surface area contributed by atoms with Crippen LogP contribution in [0.5, 0.6) is 0 Å². The van der Waals surface area contributed by atoms with E-state index in [9.17, 15) is 9.59 Å². The number of esters is 1. The number of rotatable bonds is 2. The summed E-state index contributed by atoms with van der Waals surface area (Å²) >= 11 is 0. The van der Waals surface area contributed by atoms with Crippen LogP contribution in [-0.4, -0.2) is 36.0 Å². The molecule has 0 unspecified atom stereocenters. The SMILES string of the molecule is CCOC(=O)[C@H]1C(=O)N2CCC#Cc3ccccc3C#C[C@H]12. The van der Waals surface area contributed by atoms with Crippen LogP contribution in [0.15, 0.2) is 24.3 Å². The first-order valence-corrected chi connectivity index (χ1v) is 7.29. The van der Waals surface area contributed by atoms with Crippen LogP contribution < -0.4 is 0 Å². The molecule has 1 fully saturated rings. The van der Waals surface area contributed by atoms with Crippen molar-refractivity contribution < 1.29 is 14.3 Å². The van der Waals surface area contributed by atoms with Gasteiger partial charge in [-0.2, -0.15) is 0 Å². The molecule has 2 aliphatic heterocycles. The molecule has 0 saturated carbocycles. The largest absolute Gasteiger partial charge is 0.465 e. The van der Waals surface area contributed by atoms with Crippen LogP contribution in [0.2, 0.25) is 0 Å². The molecule has 4 nitrogen and oxygen atoms in total. The van der Waals surface area contributed by atoms with Crippen molar-refractivity contribution in [1.29, 1.82) is 0 Å². The van der Waals surface area contributed by atoms with Gasteiger partial charge in [0.15, 0.2) is 5.92 Å². The van der Waals surface area contributed by atoms with Crippen LogP contribution in [0.3, 0.4) is 0 Å². The molecule has 2 atom stereocenters. The van der Waals surface area contributed by atoms with Crippen LogP contribution in [0.4, 0.5) is 0 Å². The number of fused-ring (bicyclic) bond motifs is 2. The van der Waals surface area contributed by atoms with E-state index in [4.69, 9.17) is 4.74 Å². The lowest BCUT2D eigenvalue weighted by atomic mass is 9.87. The molecule has 0 spiro atoms. The van der Waals surface area contributed by atoms with Crippen molar-refractivity contribution in [3.05, 3.63) is 35.4 Å². The summed E-state index contributed by atoms with van der Waals surface area (Å²) in [5.41, 5.74) is 1.69. The van der Waals surface area contributed by atoms with Crippen molar-refractivity contribution in [3.8, 4) is 23.7 Å². The molecule has 2 aliphatic rings. The van der Waals surface area contributed by atoms with Crippen molar-refractivity contribution in [2.75, 3.05) is 13.2 Å². The van der Waals surface area contributed by atoms with Gasteiger partial charge < -0.3 is 9.64 Å². The van der Waals surface area contributed by atoms with Gasteiger partial charge in [-0.05, 0) is 19.1 Å². The van der Waals surface area contributed by atoms with Gasteiger partial charge in [0.2, 0.25) is 5.91 Å². The van der Waals surface area contributed by atoms with Crippen molar-refractivity contribution in [1.82, 2.24) is 4.90 Å². The molecule has 0 N–H and O–H groups in total. The Morgan fingerprint density at radius 1 is 1.32 bits per heavy atom. The van der Waals surface area contributed by atoms with Crippen LogP contribution in [-0.2, 0) is 14.3 Å². The Labute approximate surface area is 129 Å². The maximum atomic E-state index is 12.1. The summed E-state index contributed by atoms with van der Waals surface area (Å²) < 4.78 is 4.98. The summed E-state index contributed by atoms with van der Waals surface area (Å²) in [5, 5.41) is 0. The van der Waals surface area contributed by atoms with Gasteiger partial charge in [0.05, 0.1) is 6.61 Å². The van der Waals surface area contributed by atoms with Crippen LogP contribution >= 0.6 is 0 Å². The zero-order chi connectivity index (χ0) is 15.5. The second kappa shape index (κ2) is 5.95. The Kier molecular flexibility index (Phi) is 3.85. The lowest BCUT2D eigenvalue weighted by Gasteiger charge is -2.42. The van der Waals surface area contributed by atoms with Gasteiger partial charge in [0.1, 0.15) is 6.04 Å². The molecular weight excluding hydrogens is 278 g/mol. The number of benzene rings is 1. The molecule has 0 bridgehead atoms. The van der Waals surface area contributed by atoms with Crippen LogP contribution in [0.1, 0.15) is 24.5 Å². The highest BCUT2D eigenvalue weighted by Crippen LogP contribution is 2.28. The Bertz CT molecular complexity index is 745.